The Morgan fingerprint density at radius 2 is 1.83 bits per heavy atom. The number of anilines is 1. The van der Waals surface area contributed by atoms with Crippen LogP contribution >= 0.6 is 11.8 Å². The summed E-state index contributed by atoms with van der Waals surface area (Å²) in [5.74, 6) is -0.775. The molecule has 0 radical (unpaired) electrons. The van der Waals surface area contributed by atoms with E-state index < -0.39 is 11.8 Å². The van der Waals surface area contributed by atoms with Gasteiger partial charge < -0.3 is 10.1 Å². The van der Waals surface area contributed by atoms with Crippen molar-refractivity contribution in [1.29, 1.82) is 5.26 Å². The Labute approximate surface area is 243 Å². The van der Waals surface area contributed by atoms with Crippen molar-refractivity contribution in [2.24, 2.45) is 10.9 Å². The fourth-order valence-electron chi connectivity index (χ4n) is 5.10. The molecule has 1 aliphatic heterocycles. The number of hydrogen-bond donors (Lipinski definition) is 1. The van der Waals surface area contributed by atoms with Gasteiger partial charge in [-0.2, -0.15) is 5.26 Å². The number of carbonyl (C=O) groups excluding carboxylic acids is 3. The Kier molecular flexibility index (Phi) is 8.76. The Morgan fingerprint density at radius 3 is 2.56 bits per heavy atom. The predicted molar refractivity (Wildman–Crippen MR) is 160 cm³/mol. The summed E-state index contributed by atoms with van der Waals surface area (Å²) in [6.45, 7) is 1.91. The maximum Gasteiger partial charge on any atom is 0.234 e. The number of thioether (sulfide) groups is 1. The van der Waals surface area contributed by atoms with Gasteiger partial charge in [0, 0.05) is 34.9 Å². The molecule has 2 aliphatic rings. The largest absolute Gasteiger partial charge is 0.489 e. The maximum atomic E-state index is 13.1. The first kappa shape index (κ1) is 28.1. The van der Waals surface area contributed by atoms with Crippen molar-refractivity contribution in [1.82, 2.24) is 0 Å². The zero-order valence-corrected chi connectivity index (χ0v) is 23.4. The summed E-state index contributed by atoms with van der Waals surface area (Å²) in [5, 5.41) is 13.6. The number of carbonyl (C=O) groups is 3. The molecule has 0 fully saturated rings. The molecule has 41 heavy (non-hydrogen) atoms. The van der Waals surface area contributed by atoms with Crippen LogP contribution in [0.5, 0.6) is 5.75 Å². The number of ketones is 2. The van der Waals surface area contributed by atoms with Gasteiger partial charge in [0.2, 0.25) is 5.91 Å². The zero-order valence-electron chi connectivity index (χ0n) is 22.6. The van der Waals surface area contributed by atoms with E-state index >= 15 is 0 Å². The number of ether oxygens (including phenoxy) is 1. The van der Waals surface area contributed by atoms with Crippen LogP contribution in [0.4, 0.5) is 5.69 Å². The molecule has 8 heteroatoms. The third-order valence-electron chi connectivity index (χ3n) is 7.11. The third kappa shape index (κ3) is 6.64. The minimum atomic E-state index is -0.703. The number of rotatable bonds is 8. The highest BCUT2D eigenvalue weighted by Crippen LogP contribution is 2.45. The van der Waals surface area contributed by atoms with Crippen LogP contribution in [0.15, 0.2) is 95.1 Å². The van der Waals surface area contributed by atoms with Crippen LogP contribution in [-0.2, 0) is 16.2 Å². The molecule has 3 aromatic carbocycles. The van der Waals surface area contributed by atoms with E-state index in [2.05, 4.69) is 11.4 Å². The predicted octanol–water partition coefficient (Wildman–Crippen LogP) is 6.48. The van der Waals surface area contributed by atoms with E-state index in [1.165, 1.54) is 18.7 Å². The van der Waals surface area contributed by atoms with Crippen molar-refractivity contribution in [2.45, 2.75) is 38.7 Å². The molecule has 0 bridgehead atoms. The van der Waals surface area contributed by atoms with Crippen LogP contribution in [-0.4, -0.2) is 28.3 Å². The molecule has 2 atom stereocenters. The van der Waals surface area contributed by atoms with Gasteiger partial charge in [-0.25, -0.2) is 4.99 Å². The molecule has 1 aliphatic carbocycles. The fourth-order valence-corrected chi connectivity index (χ4v) is 6.00. The van der Waals surface area contributed by atoms with Crippen LogP contribution in [0.25, 0.3) is 0 Å². The molecule has 0 aromatic heterocycles. The highest BCUT2D eigenvalue weighted by Gasteiger charge is 2.40. The lowest BCUT2D eigenvalue weighted by Gasteiger charge is -2.33. The van der Waals surface area contributed by atoms with Crippen molar-refractivity contribution in [3.05, 3.63) is 107 Å². The highest BCUT2D eigenvalue weighted by atomic mass is 32.2. The van der Waals surface area contributed by atoms with Crippen molar-refractivity contribution >= 4 is 40.0 Å². The molecule has 0 saturated carbocycles. The Hall–Kier alpha value is -4.48. The SMILES string of the molecule is CC(=O)c1cccc(NC(=O)CSC2=NC3=C(C(=O)CCC3)[C@H](c3ccc(OCc4ccccc4)cc3)C2C#N)c1. The summed E-state index contributed by atoms with van der Waals surface area (Å²) in [4.78, 5) is 42.3. The summed E-state index contributed by atoms with van der Waals surface area (Å²) in [6, 6.07) is 26.6. The topological polar surface area (TPSA) is 109 Å². The number of nitriles is 1. The molecule has 1 N–H and O–H groups in total. The summed E-state index contributed by atoms with van der Waals surface area (Å²) in [5.41, 5.74) is 4.25. The number of Topliss-reactive ketones (excluding diaryl/α,β-unsaturated/α-hetero) is 2. The minimum absolute atomic E-state index is 0.0248. The average Bonchev–Trinajstić information content (AvgIpc) is 2.99. The number of aliphatic imine (C=N–C) groups is 1. The van der Waals surface area contributed by atoms with E-state index in [1.54, 1.807) is 24.3 Å². The van der Waals surface area contributed by atoms with Gasteiger partial charge in [-0.15, -0.1) is 0 Å². The molecule has 3 aromatic rings. The van der Waals surface area contributed by atoms with E-state index in [0.29, 0.717) is 59.2 Å². The number of benzene rings is 3. The van der Waals surface area contributed by atoms with E-state index in [0.717, 1.165) is 11.1 Å². The van der Waals surface area contributed by atoms with E-state index in [4.69, 9.17) is 9.73 Å². The van der Waals surface area contributed by atoms with Crippen LogP contribution in [0.3, 0.4) is 0 Å². The number of nitrogens with one attached hydrogen (secondary N) is 1. The fraction of sp³-hybridized carbons (Fsp3) is 0.242. The van der Waals surface area contributed by atoms with Gasteiger partial charge in [-0.3, -0.25) is 14.4 Å². The van der Waals surface area contributed by atoms with Crippen LogP contribution in [0, 0.1) is 17.2 Å². The molecule has 5 rings (SSSR count). The lowest BCUT2D eigenvalue weighted by atomic mass is 9.74. The Bertz CT molecular complexity index is 1570. The highest BCUT2D eigenvalue weighted by molar-refractivity contribution is 8.14. The third-order valence-corrected chi connectivity index (χ3v) is 8.16. The molecule has 1 amide bonds. The van der Waals surface area contributed by atoms with Crippen molar-refractivity contribution in [3.8, 4) is 11.8 Å². The molecule has 7 nitrogen and oxygen atoms in total. The zero-order chi connectivity index (χ0) is 28.8. The number of nitrogens with zero attached hydrogens (tertiary/aromatic N) is 2. The smallest absolute Gasteiger partial charge is 0.234 e. The number of allylic oxidation sites excluding steroid dienone is 2. The lowest BCUT2D eigenvalue weighted by Crippen LogP contribution is -2.31. The molecule has 1 unspecified atom stereocenters. The van der Waals surface area contributed by atoms with Crippen molar-refractivity contribution in [3.63, 3.8) is 0 Å². The van der Waals surface area contributed by atoms with E-state index in [1.807, 2.05) is 54.6 Å². The Morgan fingerprint density at radius 1 is 1.05 bits per heavy atom. The second-order valence-corrected chi connectivity index (χ2v) is 11.0. The molecule has 1 heterocycles. The number of hydrogen-bond acceptors (Lipinski definition) is 7. The van der Waals surface area contributed by atoms with Gasteiger partial charge in [0.1, 0.15) is 18.3 Å². The maximum absolute atomic E-state index is 13.1. The van der Waals surface area contributed by atoms with E-state index in [9.17, 15) is 19.6 Å². The second kappa shape index (κ2) is 12.8. The Balaban J connectivity index is 1.34. The van der Waals surface area contributed by atoms with Gasteiger partial charge in [0.05, 0.1) is 16.9 Å². The quantitative estimate of drug-likeness (QED) is 0.314. The first-order valence-corrected chi connectivity index (χ1v) is 14.5. The van der Waals surface area contributed by atoms with Gasteiger partial charge in [-0.1, -0.05) is 66.4 Å². The monoisotopic (exact) mass is 563 g/mol. The first-order valence-electron chi connectivity index (χ1n) is 13.5. The summed E-state index contributed by atoms with van der Waals surface area (Å²) >= 11 is 1.21. The van der Waals surface area contributed by atoms with Gasteiger partial charge >= 0.3 is 0 Å². The summed E-state index contributed by atoms with van der Waals surface area (Å²) in [6.07, 6.45) is 1.80. The van der Waals surface area contributed by atoms with Crippen LogP contribution in [0.2, 0.25) is 0 Å². The summed E-state index contributed by atoms with van der Waals surface area (Å²) in [7, 11) is 0. The molecular formula is C33H29N3O4S. The second-order valence-electron chi connectivity index (χ2n) is 9.99. The van der Waals surface area contributed by atoms with Crippen LogP contribution in [0.1, 0.15) is 53.6 Å². The average molecular weight is 564 g/mol. The lowest BCUT2D eigenvalue weighted by molar-refractivity contribution is -0.116. The van der Waals surface area contributed by atoms with Gasteiger partial charge in [0.15, 0.2) is 11.6 Å². The van der Waals surface area contributed by atoms with E-state index in [-0.39, 0.29) is 23.2 Å². The first-order chi connectivity index (χ1) is 19.9. The minimum Gasteiger partial charge on any atom is -0.489 e. The van der Waals surface area contributed by atoms with Crippen molar-refractivity contribution in [2.75, 3.05) is 11.1 Å². The standard InChI is InChI=1S/C33H29N3O4S/c1-21(37)24-9-5-10-25(17-24)35-30(39)20-41-33-27(18-34)31(32-28(36-33)11-6-12-29(32)38)23-13-15-26(16-14-23)40-19-22-7-3-2-4-8-22/h2-5,7-10,13-17,27,31H,6,11-12,19-20H2,1H3,(H,35,39)/t27?,31-/m1/s1. The number of amides is 1. The van der Waals surface area contributed by atoms with Crippen molar-refractivity contribution < 1.29 is 19.1 Å². The molecular weight excluding hydrogens is 534 g/mol. The molecule has 0 saturated heterocycles. The molecule has 206 valence electrons. The van der Waals surface area contributed by atoms with Crippen LogP contribution < -0.4 is 10.1 Å². The molecule has 0 spiro atoms. The summed E-state index contributed by atoms with van der Waals surface area (Å²) < 4.78 is 5.94. The van der Waals surface area contributed by atoms with Gasteiger partial charge in [-0.05, 0) is 55.2 Å². The normalized spacial score (nSPS) is 18.1. The van der Waals surface area contributed by atoms with Gasteiger partial charge in [0.25, 0.3) is 0 Å².